The molecule has 0 saturated heterocycles. The summed E-state index contributed by atoms with van der Waals surface area (Å²) in [6.07, 6.45) is 0. The van der Waals surface area contributed by atoms with Crippen LogP contribution in [0.5, 0.6) is 0 Å². The van der Waals surface area contributed by atoms with E-state index in [0.717, 1.165) is 5.56 Å². The lowest BCUT2D eigenvalue weighted by atomic mass is 9.96. The van der Waals surface area contributed by atoms with Crippen molar-refractivity contribution in [1.29, 1.82) is 0 Å². The molecule has 0 spiro atoms. The normalized spacial score (nSPS) is 12.1. The summed E-state index contributed by atoms with van der Waals surface area (Å²) in [6, 6.07) is 9.64. The maximum absolute atomic E-state index is 12.0. The van der Waals surface area contributed by atoms with E-state index < -0.39 is 0 Å². The standard InChI is InChI=1S/C17H27N3O2/c1-12(2)15(14-8-6-5-7-9-14)20-17(22)19-11-10-18-16(21)13(3)4/h5-9,12-13,15H,10-11H2,1-4H3,(H,18,21)(H2,19,20,22). The van der Waals surface area contributed by atoms with Gasteiger partial charge in [-0.2, -0.15) is 0 Å². The Labute approximate surface area is 132 Å². The Kier molecular flexibility index (Phi) is 7.43. The summed E-state index contributed by atoms with van der Waals surface area (Å²) < 4.78 is 0. The lowest BCUT2D eigenvalue weighted by Crippen LogP contribution is -2.43. The molecule has 122 valence electrons. The highest BCUT2D eigenvalue weighted by atomic mass is 16.2. The third-order valence-corrected chi connectivity index (χ3v) is 3.35. The number of urea groups is 1. The molecule has 3 N–H and O–H groups in total. The molecule has 1 atom stereocenters. The van der Waals surface area contributed by atoms with Crippen molar-refractivity contribution in [3.63, 3.8) is 0 Å². The fraction of sp³-hybridized carbons (Fsp3) is 0.529. The molecule has 0 aliphatic heterocycles. The van der Waals surface area contributed by atoms with Crippen molar-refractivity contribution in [3.05, 3.63) is 35.9 Å². The number of hydrogen-bond acceptors (Lipinski definition) is 2. The van der Waals surface area contributed by atoms with Gasteiger partial charge in [-0.05, 0) is 11.5 Å². The molecule has 5 nitrogen and oxygen atoms in total. The van der Waals surface area contributed by atoms with E-state index in [0.29, 0.717) is 13.1 Å². The molecular weight excluding hydrogens is 278 g/mol. The lowest BCUT2D eigenvalue weighted by Gasteiger charge is -2.23. The number of amides is 3. The summed E-state index contributed by atoms with van der Waals surface area (Å²) in [5.41, 5.74) is 1.08. The molecule has 3 amide bonds. The molecule has 0 saturated carbocycles. The third kappa shape index (κ3) is 6.16. The summed E-state index contributed by atoms with van der Waals surface area (Å²) in [7, 11) is 0. The second-order valence-electron chi connectivity index (χ2n) is 5.98. The molecular formula is C17H27N3O2. The number of nitrogens with one attached hydrogen (secondary N) is 3. The fourth-order valence-electron chi connectivity index (χ4n) is 2.05. The first-order valence-corrected chi connectivity index (χ1v) is 7.78. The molecule has 5 heteroatoms. The van der Waals surface area contributed by atoms with Gasteiger partial charge in [0, 0.05) is 19.0 Å². The SMILES string of the molecule is CC(C)C(=O)NCCNC(=O)NC(c1ccccc1)C(C)C. The zero-order valence-corrected chi connectivity index (χ0v) is 13.8. The van der Waals surface area contributed by atoms with Gasteiger partial charge in [0.1, 0.15) is 0 Å². The van der Waals surface area contributed by atoms with Gasteiger partial charge in [0.15, 0.2) is 0 Å². The largest absolute Gasteiger partial charge is 0.354 e. The lowest BCUT2D eigenvalue weighted by molar-refractivity contribution is -0.123. The van der Waals surface area contributed by atoms with E-state index in [1.807, 2.05) is 44.2 Å². The van der Waals surface area contributed by atoms with E-state index in [1.54, 1.807) is 0 Å². The average Bonchev–Trinajstić information content (AvgIpc) is 2.49. The van der Waals surface area contributed by atoms with Gasteiger partial charge < -0.3 is 16.0 Å². The Balaban J connectivity index is 2.40. The van der Waals surface area contributed by atoms with Crippen LogP contribution in [-0.4, -0.2) is 25.0 Å². The minimum absolute atomic E-state index is 0.00782. The van der Waals surface area contributed by atoms with Crippen molar-refractivity contribution >= 4 is 11.9 Å². The predicted octanol–water partition coefficient (Wildman–Crippen LogP) is 2.46. The van der Waals surface area contributed by atoms with Crippen LogP contribution in [0, 0.1) is 11.8 Å². The molecule has 22 heavy (non-hydrogen) atoms. The van der Waals surface area contributed by atoms with Gasteiger partial charge in [-0.1, -0.05) is 58.0 Å². The Morgan fingerprint density at radius 1 is 0.955 bits per heavy atom. The molecule has 1 rings (SSSR count). The molecule has 1 unspecified atom stereocenters. The van der Waals surface area contributed by atoms with E-state index >= 15 is 0 Å². The molecule has 0 heterocycles. The second kappa shape index (κ2) is 9.07. The van der Waals surface area contributed by atoms with E-state index in [1.165, 1.54) is 0 Å². The first-order chi connectivity index (χ1) is 10.4. The van der Waals surface area contributed by atoms with Crippen molar-refractivity contribution < 1.29 is 9.59 Å². The summed E-state index contributed by atoms with van der Waals surface area (Å²) in [5, 5.41) is 8.51. The fourth-order valence-corrected chi connectivity index (χ4v) is 2.05. The van der Waals surface area contributed by atoms with Crippen LogP contribution in [0.2, 0.25) is 0 Å². The second-order valence-corrected chi connectivity index (χ2v) is 5.98. The highest BCUT2D eigenvalue weighted by Gasteiger charge is 2.17. The van der Waals surface area contributed by atoms with Crippen molar-refractivity contribution in [2.24, 2.45) is 11.8 Å². The van der Waals surface area contributed by atoms with Crippen LogP contribution in [0.4, 0.5) is 4.79 Å². The molecule has 0 fully saturated rings. The molecule has 0 aliphatic rings. The number of carbonyl (C=O) groups excluding carboxylic acids is 2. The van der Waals surface area contributed by atoms with Gasteiger partial charge >= 0.3 is 6.03 Å². The van der Waals surface area contributed by atoms with Gasteiger partial charge in [-0.15, -0.1) is 0 Å². The van der Waals surface area contributed by atoms with Gasteiger partial charge in [0.05, 0.1) is 6.04 Å². The number of rotatable bonds is 7. The number of carbonyl (C=O) groups is 2. The topological polar surface area (TPSA) is 70.2 Å². The number of hydrogen-bond donors (Lipinski definition) is 3. The highest BCUT2D eigenvalue weighted by molar-refractivity contribution is 5.78. The molecule has 0 bridgehead atoms. The van der Waals surface area contributed by atoms with E-state index in [-0.39, 0.29) is 29.8 Å². The zero-order valence-electron chi connectivity index (χ0n) is 13.8. The van der Waals surface area contributed by atoms with Crippen LogP contribution in [0.3, 0.4) is 0 Å². The smallest absolute Gasteiger partial charge is 0.315 e. The van der Waals surface area contributed by atoms with Gasteiger partial charge in [0.25, 0.3) is 0 Å². The van der Waals surface area contributed by atoms with Gasteiger partial charge in [-0.3, -0.25) is 4.79 Å². The van der Waals surface area contributed by atoms with Gasteiger partial charge in [-0.25, -0.2) is 4.79 Å². The zero-order chi connectivity index (χ0) is 16.5. The van der Waals surface area contributed by atoms with Crippen LogP contribution in [-0.2, 0) is 4.79 Å². The van der Waals surface area contributed by atoms with E-state index in [2.05, 4.69) is 29.8 Å². The quantitative estimate of drug-likeness (QED) is 0.677. The monoisotopic (exact) mass is 305 g/mol. The highest BCUT2D eigenvalue weighted by Crippen LogP contribution is 2.20. The predicted molar refractivity (Wildman–Crippen MR) is 88.4 cm³/mol. The van der Waals surface area contributed by atoms with E-state index in [4.69, 9.17) is 0 Å². The van der Waals surface area contributed by atoms with Crippen molar-refractivity contribution in [2.75, 3.05) is 13.1 Å². The van der Waals surface area contributed by atoms with Crippen molar-refractivity contribution in [3.8, 4) is 0 Å². The maximum atomic E-state index is 12.0. The summed E-state index contributed by atoms with van der Waals surface area (Å²) in [5.74, 6) is 0.234. The molecule has 0 aliphatic carbocycles. The van der Waals surface area contributed by atoms with Gasteiger partial charge in [0.2, 0.25) is 5.91 Å². The average molecular weight is 305 g/mol. The molecule has 0 aromatic heterocycles. The number of benzene rings is 1. The van der Waals surface area contributed by atoms with Crippen molar-refractivity contribution in [2.45, 2.75) is 33.7 Å². The van der Waals surface area contributed by atoms with Crippen LogP contribution in [0.25, 0.3) is 0 Å². The van der Waals surface area contributed by atoms with Crippen molar-refractivity contribution in [1.82, 2.24) is 16.0 Å². The molecule has 1 aromatic carbocycles. The summed E-state index contributed by atoms with van der Waals surface area (Å²) >= 11 is 0. The first-order valence-electron chi connectivity index (χ1n) is 7.78. The van der Waals surface area contributed by atoms with Crippen LogP contribution >= 0.6 is 0 Å². The first kappa shape index (κ1) is 18.0. The van der Waals surface area contributed by atoms with E-state index in [9.17, 15) is 9.59 Å². The summed E-state index contributed by atoms with van der Waals surface area (Å²) in [4.78, 5) is 23.4. The minimum atomic E-state index is -0.221. The Bertz CT molecular complexity index is 472. The van der Waals surface area contributed by atoms with Crippen LogP contribution in [0.15, 0.2) is 30.3 Å². The Hall–Kier alpha value is -2.04. The molecule has 1 aromatic rings. The van der Waals surface area contributed by atoms with Crippen LogP contribution < -0.4 is 16.0 Å². The Morgan fingerprint density at radius 3 is 2.09 bits per heavy atom. The minimum Gasteiger partial charge on any atom is -0.354 e. The third-order valence-electron chi connectivity index (χ3n) is 3.35. The molecule has 0 radical (unpaired) electrons. The maximum Gasteiger partial charge on any atom is 0.315 e. The summed E-state index contributed by atoms with van der Waals surface area (Å²) in [6.45, 7) is 8.65. The van der Waals surface area contributed by atoms with Crippen LogP contribution in [0.1, 0.15) is 39.3 Å². The Morgan fingerprint density at radius 2 is 1.55 bits per heavy atom.